The van der Waals surface area contributed by atoms with Gasteiger partial charge in [-0.15, -0.1) is 11.3 Å². The smallest absolute Gasteiger partial charge is 0.0670 e. The fraction of sp³-hybridized carbons (Fsp3) is 0.462. The maximum atomic E-state index is 4.34. The van der Waals surface area contributed by atoms with Gasteiger partial charge in [-0.3, -0.25) is 4.68 Å². The van der Waals surface area contributed by atoms with Crippen molar-refractivity contribution in [3.63, 3.8) is 0 Å². The van der Waals surface area contributed by atoms with Crippen LogP contribution >= 0.6 is 33.9 Å². The third-order valence-corrected chi connectivity index (χ3v) is 4.80. The Hall–Kier alpha value is -0.400. The molecule has 2 aromatic rings. The maximum absolute atomic E-state index is 4.34. The summed E-state index contributed by atoms with van der Waals surface area (Å²) in [5, 5.41) is 7.91. The van der Waals surface area contributed by atoms with Crippen molar-refractivity contribution in [1.82, 2.24) is 15.1 Å². The highest BCUT2D eigenvalue weighted by atomic mass is 127. The minimum atomic E-state index is 0.781. The van der Waals surface area contributed by atoms with E-state index < -0.39 is 0 Å². The summed E-state index contributed by atoms with van der Waals surface area (Å²) in [5.41, 5.74) is 1.40. The van der Waals surface area contributed by atoms with E-state index in [1.54, 1.807) is 0 Å². The second-order valence-corrected chi connectivity index (χ2v) is 7.39. The molecule has 0 amide bonds. The SMILES string of the molecule is Cc1sc(CNC2CC2)cc1Cn1cc(I)cn1. The van der Waals surface area contributed by atoms with Crippen LogP contribution in [0.4, 0.5) is 0 Å². The first-order chi connectivity index (χ1) is 8.70. The average Bonchev–Trinajstić information content (AvgIpc) is 2.99. The van der Waals surface area contributed by atoms with Crippen LogP contribution in [-0.2, 0) is 13.1 Å². The Morgan fingerprint density at radius 1 is 1.56 bits per heavy atom. The summed E-state index contributed by atoms with van der Waals surface area (Å²) in [5.74, 6) is 0. The van der Waals surface area contributed by atoms with Gasteiger partial charge in [0.1, 0.15) is 0 Å². The first-order valence-electron chi connectivity index (χ1n) is 6.20. The molecule has 18 heavy (non-hydrogen) atoms. The molecular formula is C13H16IN3S. The monoisotopic (exact) mass is 373 g/mol. The molecule has 3 nitrogen and oxygen atoms in total. The quantitative estimate of drug-likeness (QED) is 0.817. The summed E-state index contributed by atoms with van der Waals surface area (Å²) in [6.07, 6.45) is 6.68. The second-order valence-electron chi connectivity index (χ2n) is 4.81. The van der Waals surface area contributed by atoms with Crippen LogP contribution in [0.3, 0.4) is 0 Å². The zero-order valence-corrected chi connectivity index (χ0v) is 13.3. The number of nitrogens with one attached hydrogen (secondary N) is 1. The van der Waals surface area contributed by atoms with E-state index in [1.807, 2.05) is 22.2 Å². The van der Waals surface area contributed by atoms with E-state index in [4.69, 9.17) is 0 Å². The Balaban J connectivity index is 1.67. The van der Waals surface area contributed by atoms with Crippen LogP contribution in [0.2, 0.25) is 0 Å². The molecule has 1 aliphatic rings. The molecule has 2 heterocycles. The number of rotatable bonds is 5. The van der Waals surface area contributed by atoms with Crippen LogP contribution in [0.15, 0.2) is 18.5 Å². The van der Waals surface area contributed by atoms with Crippen LogP contribution in [0.5, 0.6) is 0 Å². The van der Waals surface area contributed by atoms with E-state index in [0.717, 1.165) is 19.1 Å². The van der Waals surface area contributed by atoms with Crippen molar-refractivity contribution in [3.8, 4) is 0 Å². The molecule has 3 rings (SSSR count). The Bertz CT molecular complexity index is 542. The minimum absolute atomic E-state index is 0.781. The van der Waals surface area contributed by atoms with Gasteiger partial charge in [0, 0.05) is 28.5 Å². The van der Waals surface area contributed by atoms with Crippen molar-refractivity contribution in [2.45, 2.75) is 38.9 Å². The lowest BCUT2D eigenvalue weighted by Gasteiger charge is -2.00. The fourth-order valence-electron chi connectivity index (χ4n) is 1.96. The zero-order valence-electron chi connectivity index (χ0n) is 10.3. The van der Waals surface area contributed by atoms with Gasteiger partial charge >= 0.3 is 0 Å². The summed E-state index contributed by atoms with van der Waals surface area (Å²) in [4.78, 5) is 2.85. The van der Waals surface area contributed by atoms with Crippen molar-refractivity contribution in [1.29, 1.82) is 0 Å². The van der Waals surface area contributed by atoms with Gasteiger partial charge in [-0.2, -0.15) is 5.10 Å². The predicted molar refractivity (Wildman–Crippen MR) is 83.0 cm³/mol. The molecule has 2 aromatic heterocycles. The molecule has 0 saturated heterocycles. The van der Waals surface area contributed by atoms with Gasteiger partial charge in [-0.1, -0.05) is 0 Å². The topological polar surface area (TPSA) is 29.9 Å². The van der Waals surface area contributed by atoms with Crippen molar-refractivity contribution < 1.29 is 0 Å². The number of aryl methyl sites for hydroxylation is 1. The molecule has 0 aromatic carbocycles. The highest BCUT2D eigenvalue weighted by Crippen LogP contribution is 2.24. The van der Waals surface area contributed by atoms with E-state index in [0.29, 0.717) is 0 Å². The van der Waals surface area contributed by atoms with Crippen LogP contribution < -0.4 is 5.32 Å². The van der Waals surface area contributed by atoms with Gasteiger partial charge in [0.2, 0.25) is 0 Å². The Morgan fingerprint density at radius 3 is 3.06 bits per heavy atom. The summed E-state index contributed by atoms with van der Waals surface area (Å²) in [6.45, 7) is 4.11. The number of halogens is 1. The van der Waals surface area contributed by atoms with Gasteiger partial charge in [-0.25, -0.2) is 0 Å². The first-order valence-corrected chi connectivity index (χ1v) is 8.10. The van der Waals surface area contributed by atoms with Gasteiger partial charge in [0.05, 0.1) is 16.3 Å². The fourth-order valence-corrected chi connectivity index (χ4v) is 3.41. The molecule has 0 radical (unpaired) electrons. The normalized spacial score (nSPS) is 15.2. The van der Waals surface area contributed by atoms with E-state index in [-0.39, 0.29) is 0 Å². The number of hydrogen-bond acceptors (Lipinski definition) is 3. The predicted octanol–water partition coefficient (Wildman–Crippen LogP) is 3.16. The van der Waals surface area contributed by atoms with Crippen LogP contribution in [0.1, 0.15) is 28.2 Å². The zero-order chi connectivity index (χ0) is 12.5. The largest absolute Gasteiger partial charge is 0.309 e. The Morgan fingerprint density at radius 2 is 2.39 bits per heavy atom. The molecule has 0 unspecified atom stereocenters. The van der Waals surface area contributed by atoms with Gasteiger partial charge < -0.3 is 5.32 Å². The summed E-state index contributed by atoms with van der Waals surface area (Å²) in [6, 6.07) is 3.10. The van der Waals surface area contributed by atoms with E-state index in [2.05, 4.69) is 52.2 Å². The number of aromatic nitrogens is 2. The lowest BCUT2D eigenvalue weighted by Crippen LogP contribution is -2.14. The lowest BCUT2D eigenvalue weighted by molar-refractivity contribution is 0.680. The number of thiophene rings is 1. The van der Waals surface area contributed by atoms with Crippen molar-refractivity contribution in [2.75, 3.05) is 0 Å². The van der Waals surface area contributed by atoms with E-state index in [1.165, 1.54) is 31.7 Å². The molecule has 1 aliphatic carbocycles. The van der Waals surface area contributed by atoms with Crippen molar-refractivity contribution >= 4 is 33.9 Å². The van der Waals surface area contributed by atoms with Gasteiger partial charge in [0.15, 0.2) is 0 Å². The summed E-state index contributed by atoms with van der Waals surface area (Å²) >= 11 is 4.20. The summed E-state index contributed by atoms with van der Waals surface area (Å²) < 4.78 is 3.20. The molecule has 0 atom stereocenters. The molecule has 0 bridgehead atoms. The van der Waals surface area contributed by atoms with Gasteiger partial charge in [-0.05, 0) is 54.0 Å². The minimum Gasteiger partial charge on any atom is -0.309 e. The average molecular weight is 373 g/mol. The Labute approximate surface area is 125 Å². The molecule has 1 fully saturated rings. The molecule has 96 valence electrons. The maximum Gasteiger partial charge on any atom is 0.0670 e. The molecule has 5 heteroatoms. The van der Waals surface area contributed by atoms with Crippen LogP contribution in [0, 0.1) is 10.5 Å². The van der Waals surface area contributed by atoms with Crippen molar-refractivity contribution in [2.24, 2.45) is 0 Å². The van der Waals surface area contributed by atoms with Crippen LogP contribution in [0.25, 0.3) is 0 Å². The highest BCUT2D eigenvalue weighted by Gasteiger charge is 2.20. The van der Waals surface area contributed by atoms with Gasteiger partial charge in [0.25, 0.3) is 0 Å². The lowest BCUT2D eigenvalue weighted by atomic mass is 10.2. The molecule has 0 aliphatic heterocycles. The molecule has 0 spiro atoms. The number of hydrogen-bond donors (Lipinski definition) is 1. The van der Waals surface area contributed by atoms with Crippen LogP contribution in [-0.4, -0.2) is 15.8 Å². The van der Waals surface area contributed by atoms with Crippen molar-refractivity contribution in [3.05, 3.63) is 37.3 Å². The third kappa shape index (κ3) is 3.13. The highest BCUT2D eigenvalue weighted by molar-refractivity contribution is 14.1. The first kappa shape index (κ1) is 12.6. The molecular weight excluding hydrogens is 357 g/mol. The Kier molecular flexibility index (Phi) is 3.72. The molecule has 1 N–H and O–H groups in total. The summed E-state index contributed by atoms with van der Waals surface area (Å²) in [7, 11) is 0. The second kappa shape index (κ2) is 5.30. The standard InChI is InChI=1S/C13H16IN3S/c1-9-10(7-17-8-11(14)5-16-17)4-13(18-9)6-15-12-2-3-12/h4-5,8,12,15H,2-3,6-7H2,1H3. The number of nitrogens with zero attached hydrogens (tertiary/aromatic N) is 2. The molecule has 1 saturated carbocycles. The van der Waals surface area contributed by atoms with E-state index in [9.17, 15) is 0 Å². The van der Waals surface area contributed by atoms with E-state index >= 15 is 0 Å². The third-order valence-electron chi connectivity index (χ3n) is 3.15.